The van der Waals surface area contributed by atoms with Crippen molar-refractivity contribution in [3.05, 3.63) is 47.5 Å². The molecule has 0 unspecified atom stereocenters. The lowest BCUT2D eigenvalue weighted by molar-refractivity contribution is 0.0954. The molecule has 7 heteroatoms. The molecule has 0 atom stereocenters. The van der Waals surface area contributed by atoms with Crippen molar-refractivity contribution in [2.45, 2.75) is 19.9 Å². The first kappa shape index (κ1) is 17.7. The molecule has 1 heterocycles. The molecule has 7 nitrogen and oxygen atoms in total. The Labute approximate surface area is 151 Å². The number of nitrogens with zero attached hydrogens (tertiary/aromatic N) is 3. The minimum Gasteiger partial charge on any atom is -0.493 e. The summed E-state index contributed by atoms with van der Waals surface area (Å²) in [6, 6.07) is 11.2. The highest BCUT2D eigenvalue weighted by Crippen LogP contribution is 2.27. The fraction of sp³-hybridized carbons (Fsp3) is 0.316. The van der Waals surface area contributed by atoms with E-state index in [4.69, 9.17) is 9.47 Å². The van der Waals surface area contributed by atoms with Crippen LogP contribution in [0.25, 0.3) is 11.0 Å². The van der Waals surface area contributed by atoms with E-state index in [0.29, 0.717) is 30.0 Å². The van der Waals surface area contributed by atoms with Crippen molar-refractivity contribution in [2.75, 3.05) is 20.8 Å². The molecule has 0 aliphatic carbocycles. The molecule has 0 aliphatic heterocycles. The molecule has 1 aromatic heterocycles. The Hall–Kier alpha value is -3.09. The Balaban J connectivity index is 1.62. The van der Waals surface area contributed by atoms with E-state index < -0.39 is 0 Å². The van der Waals surface area contributed by atoms with Gasteiger partial charge in [-0.15, -0.1) is 5.10 Å². The van der Waals surface area contributed by atoms with Crippen LogP contribution in [0, 0.1) is 0 Å². The molecular weight excluding hydrogens is 332 g/mol. The average molecular weight is 354 g/mol. The molecule has 0 fully saturated rings. The number of carbonyl (C=O) groups excluding carboxylic acids is 1. The first-order chi connectivity index (χ1) is 12.7. The fourth-order valence-corrected chi connectivity index (χ4v) is 2.81. The lowest BCUT2D eigenvalue weighted by Crippen LogP contribution is -2.25. The highest BCUT2D eigenvalue weighted by Gasteiger charge is 2.10. The summed E-state index contributed by atoms with van der Waals surface area (Å²) in [5.74, 6) is 1.24. The predicted octanol–water partition coefficient (Wildman–Crippen LogP) is 2.44. The SMILES string of the molecule is CCn1nnc2cc(C(=O)NCCc3ccc(OC)c(OC)c3)ccc21. The zero-order valence-electron chi connectivity index (χ0n) is 15.2. The molecule has 3 aromatic rings. The normalized spacial score (nSPS) is 10.7. The van der Waals surface area contributed by atoms with E-state index >= 15 is 0 Å². The van der Waals surface area contributed by atoms with Crippen molar-refractivity contribution in [1.82, 2.24) is 20.3 Å². The summed E-state index contributed by atoms with van der Waals surface area (Å²) in [4.78, 5) is 12.4. The van der Waals surface area contributed by atoms with Crippen LogP contribution in [-0.4, -0.2) is 41.7 Å². The van der Waals surface area contributed by atoms with E-state index in [2.05, 4.69) is 15.6 Å². The van der Waals surface area contributed by atoms with Crippen LogP contribution in [0.3, 0.4) is 0 Å². The van der Waals surface area contributed by atoms with Crippen LogP contribution in [0.2, 0.25) is 0 Å². The van der Waals surface area contributed by atoms with Crippen LogP contribution >= 0.6 is 0 Å². The fourth-order valence-electron chi connectivity index (χ4n) is 2.81. The maximum absolute atomic E-state index is 12.4. The predicted molar refractivity (Wildman–Crippen MR) is 98.8 cm³/mol. The Kier molecular flexibility index (Phi) is 5.36. The summed E-state index contributed by atoms with van der Waals surface area (Å²) in [5, 5.41) is 11.1. The maximum Gasteiger partial charge on any atom is 0.251 e. The summed E-state index contributed by atoms with van der Waals surface area (Å²) in [5.41, 5.74) is 3.28. The molecule has 136 valence electrons. The summed E-state index contributed by atoms with van der Waals surface area (Å²) in [7, 11) is 3.21. The van der Waals surface area contributed by atoms with E-state index in [9.17, 15) is 4.79 Å². The van der Waals surface area contributed by atoms with E-state index in [1.165, 1.54) is 0 Å². The van der Waals surface area contributed by atoms with Crippen LogP contribution in [0.1, 0.15) is 22.8 Å². The molecule has 26 heavy (non-hydrogen) atoms. The van der Waals surface area contributed by atoms with Gasteiger partial charge in [-0.05, 0) is 49.2 Å². The van der Waals surface area contributed by atoms with Gasteiger partial charge in [0.15, 0.2) is 11.5 Å². The standard InChI is InChI=1S/C19H22N4O3/c1-4-23-16-7-6-14(12-15(16)21-22-23)19(24)20-10-9-13-5-8-17(25-2)18(11-13)26-3/h5-8,11-12H,4,9-10H2,1-3H3,(H,20,24). The molecule has 0 radical (unpaired) electrons. The number of nitrogens with one attached hydrogen (secondary N) is 1. The number of hydrogen-bond donors (Lipinski definition) is 1. The molecule has 3 rings (SSSR count). The largest absolute Gasteiger partial charge is 0.493 e. The van der Waals surface area contributed by atoms with Crippen LogP contribution in [0.15, 0.2) is 36.4 Å². The van der Waals surface area contributed by atoms with Crippen LogP contribution in [-0.2, 0) is 13.0 Å². The number of ether oxygens (including phenoxy) is 2. The van der Waals surface area contributed by atoms with Gasteiger partial charge in [0.25, 0.3) is 5.91 Å². The molecule has 0 spiro atoms. The summed E-state index contributed by atoms with van der Waals surface area (Å²) in [6.45, 7) is 3.27. The third kappa shape index (κ3) is 3.61. The minimum absolute atomic E-state index is 0.126. The first-order valence-corrected chi connectivity index (χ1v) is 8.48. The third-order valence-corrected chi connectivity index (χ3v) is 4.22. The molecule has 0 bridgehead atoms. The average Bonchev–Trinajstić information content (AvgIpc) is 3.10. The topological polar surface area (TPSA) is 78.3 Å². The zero-order chi connectivity index (χ0) is 18.5. The van der Waals surface area contributed by atoms with Gasteiger partial charge in [-0.3, -0.25) is 4.79 Å². The summed E-state index contributed by atoms with van der Waals surface area (Å²) < 4.78 is 12.3. The quantitative estimate of drug-likeness (QED) is 0.705. The van der Waals surface area contributed by atoms with E-state index in [1.807, 2.05) is 31.2 Å². The van der Waals surface area contributed by atoms with Crippen molar-refractivity contribution in [3.8, 4) is 11.5 Å². The molecule has 0 aliphatic rings. The van der Waals surface area contributed by atoms with Crippen molar-refractivity contribution < 1.29 is 14.3 Å². The number of aromatic nitrogens is 3. The molecular formula is C19H22N4O3. The number of benzene rings is 2. The van der Waals surface area contributed by atoms with Crippen molar-refractivity contribution >= 4 is 16.9 Å². The van der Waals surface area contributed by atoms with Gasteiger partial charge in [-0.25, -0.2) is 4.68 Å². The van der Waals surface area contributed by atoms with Crippen molar-refractivity contribution in [2.24, 2.45) is 0 Å². The number of methoxy groups -OCH3 is 2. The molecule has 1 amide bonds. The van der Waals surface area contributed by atoms with E-state index in [0.717, 1.165) is 23.1 Å². The highest BCUT2D eigenvalue weighted by atomic mass is 16.5. The van der Waals surface area contributed by atoms with Crippen molar-refractivity contribution in [1.29, 1.82) is 0 Å². The maximum atomic E-state index is 12.4. The number of carbonyl (C=O) groups is 1. The molecule has 0 saturated heterocycles. The third-order valence-electron chi connectivity index (χ3n) is 4.22. The van der Waals surface area contributed by atoms with E-state index in [-0.39, 0.29) is 5.91 Å². The van der Waals surface area contributed by atoms with Gasteiger partial charge >= 0.3 is 0 Å². The number of amides is 1. The zero-order valence-corrected chi connectivity index (χ0v) is 15.2. The van der Waals surface area contributed by atoms with Gasteiger partial charge in [-0.2, -0.15) is 0 Å². The van der Waals surface area contributed by atoms with Crippen LogP contribution in [0.5, 0.6) is 11.5 Å². The Morgan fingerprint density at radius 3 is 2.65 bits per heavy atom. The first-order valence-electron chi connectivity index (χ1n) is 8.48. The lowest BCUT2D eigenvalue weighted by atomic mass is 10.1. The monoisotopic (exact) mass is 354 g/mol. The lowest BCUT2D eigenvalue weighted by Gasteiger charge is -2.10. The number of hydrogen-bond acceptors (Lipinski definition) is 5. The van der Waals surface area contributed by atoms with Crippen LogP contribution < -0.4 is 14.8 Å². The van der Waals surface area contributed by atoms with Gasteiger partial charge < -0.3 is 14.8 Å². The number of fused-ring (bicyclic) bond motifs is 1. The van der Waals surface area contributed by atoms with Crippen LogP contribution in [0.4, 0.5) is 0 Å². The minimum atomic E-state index is -0.126. The van der Waals surface area contributed by atoms with Gasteiger partial charge in [-0.1, -0.05) is 11.3 Å². The second-order valence-electron chi connectivity index (χ2n) is 5.80. The highest BCUT2D eigenvalue weighted by molar-refractivity contribution is 5.97. The second kappa shape index (κ2) is 7.86. The second-order valence-corrected chi connectivity index (χ2v) is 5.80. The molecule has 1 N–H and O–H groups in total. The van der Waals surface area contributed by atoms with Crippen molar-refractivity contribution in [3.63, 3.8) is 0 Å². The van der Waals surface area contributed by atoms with Gasteiger partial charge in [0.2, 0.25) is 0 Å². The molecule has 2 aromatic carbocycles. The van der Waals surface area contributed by atoms with Gasteiger partial charge in [0.05, 0.1) is 19.7 Å². The Morgan fingerprint density at radius 1 is 1.12 bits per heavy atom. The summed E-state index contributed by atoms with van der Waals surface area (Å²) in [6.07, 6.45) is 0.695. The summed E-state index contributed by atoms with van der Waals surface area (Å²) >= 11 is 0. The van der Waals surface area contributed by atoms with E-state index in [1.54, 1.807) is 31.0 Å². The number of rotatable bonds is 7. The Bertz CT molecular complexity index is 920. The number of aryl methyl sites for hydroxylation is 1. The Morgan fingerprint density at radius 2 is 1.92 bits per heavy atom. The smallest absolute Gasteiger partial charge is 0.251 e. The molecule has 0 saturated carbocycles. The van der Waals surface area contributed by atoms with Gasteiger partial charge in [0.1, 0.15) is 5.52 Å². The van der Waals surface area contributed by atoms with Gasteiger partial charge in [0, 0.05) is 18.7 Å².